The summed E-state index contributed by atoms with van der Waals surface area (Å²) in [6, 6.07) is 12.5. The van der Waals surface area contributed by atoms with Gasteiger partial charge in [-0.05, 0) is 30.8 Å². The molecule has 0 bridgehead atoms. The molecular weight excluding hydrogens is 236 g/mol. The number of para-hydroxylation sites is 1. The quantitative estimate of drug-likeness (QED) is 0.777. The number of aryl methyl sites for hydroxylation is 1. The van der Waals surface area contributed by atoms with Crippen molar-refractivity contribution >= 4 is 10.9 Å². The van der Waals surface area contributed by atoms with Crippen molar-refractivity contribution < 1.29 is 0 Å². The van der Waals surface area contributed by atoms with Crippen LogP contribution in [0, 0.1) is 0 Å². The molecule has 3 rings (SSSR count). The summed E-state index contributed by atoms with van der Waals surface area (Å²) in [5, 5.41) is 8.71. The fourth-order valence-electron chi connectivity index (χ4n) is 2.40. The van der Waals surface area contributed by atoms with Crippen LogP contribution in [0.25, 0.3) is 10.9 Å². The van der Waals surface area contributed by atoms with Crippen LogP contribution in [-0.2, 0) is 7.05 Å². The second kappa shape index (κ2) is 4.82. The molecule has 1 aromatic carbocycles. The van der Waals surface area contributed by atoms with Crippen LogP contribution in [0.4, 0.5) is 0 Å². The van der Waals surface area contributed by atoms with Crippen LogP contribution in [0.1, 0.15) is 17.3 Å². The van der Waals surface area contributed by atoms with E-state index in [9.17, 15) is 0 Å². The molecular formula is C15H16N4. The van der Waals surface area contributed by atoms with Crippen molar-refractivity contribution in [2.45, 2.75) is 6.04 Å². The van der Waals surface area contributed by atoms with Gasteiger partial charge in [-0.3, -0.25) is 9.67 Å². The van der Waals surface area contributed by atoms with Gasteiger partial charge in [0, 0.05) is 24.8 Å². The molecule has 3 aromatic rings. The van der Waals surface area contributed by atoms with Gasteiger partial charge in [0.2, 0.25) is 0 Å². The Labute approximate surface area is 112 Å². The molecule has 0 saturated carbocycles. The van der Waals surface area contributed by atoms with Gasteiger partial charge in [-0.25, -0.2) is 0 Å². The summed E-state index contributed by atoms with van der Waals surface area (Å²) in [6.45, 7) is 0. The van der Waals surface area contributed by atoms with Gasteiger partial charge in [0.05, 0.1) is 17.3 Å². The van der Waals surface area contributed by atoms with Crippen LogP contribution in [0.5, 0.6) is 0 Å². The lowest BCUT2D eigenvalue weighted by Gasteiger charge is -2.17. The first-order chi connectivity index (χ1) is 9.29. The highest BCUT2D eigenvalue weighted by Crippen LogP contribution is 2.23. The molecule has 0 fully saturated rings. The van der Waals surface area contributed by atoms with Crippen molar-refractivity contribution in [3.05, 3.63) is 60.0 Å². The summed E-state index contributed by atoms with van der Waals surface area (Å²) in [4.78, 5) is 4.52. The van der Waals surface area contributed by atoms with Gasteiger partial charge in [0.25, 0.3) is 0 Å². The lowest BCUT2D eigenvalue weighted by Crippen LogP contribution is -2.20. The van der Waals surface area contributed by atoms with E-state index in [4.69, 9.17) is 0 Å². The third kappa shape index (κ3) is 2.11. The highest BCUT2D eigenvalue weighted by atomic mass is 15.3. The van der Waals surface area contributed by atoms with E-state index in [-0.39, 0.29) is 6.04 Å². The average molecular weight is 252 g/mol. The van der Waals surface area contributed by atoms with Crippen LogP contribution in [0.15, 0.2) is 48.8 Å². The second-order valence-electron chi connectivity index (χ2n) is 4.56. The minimum atomic E-state index is 0.101. The molecule has 1 N–H and O–H groups in total. The molecule has 2 heterocycles. The van der Waals surface area contributed by atoms with E-state index >= 15 is 0 Å². The molecule has 19 heavy (non-hydrogen) atoms. The number of hydrogen-bond acceptors (Lipinski definition) is 3. The summed E-state index contributed by atoms with van der Waals surface area (Å²) in [5.74, 6) is 0. The maximum absolute atomic E-state index is 4.52. The number of aromatic nitrogens is 3. The van der Waals surface area contributed by atoms with Crippen molar-refractivity contribution in [2.24, 2.45) is 7.05 Å². The Morgan fingerprint density at radius 3 is 2.79 bits per heavy atom. The Hall–Kier alpha value is -2.20. The van der Waals surface area contributed by atoms with Gasteiger partial charge in [0.1, 0.15) is 0 Å². The predicted octanol–water partition coefficient (Wildman–Crippen LogP) is 2.28. The summed E-state index contributed by atoms with van der Waals surface area (Å²) in [6.07, 6.45) is 3.74. The van der Waals surface area contributed by atoms with Crippen LogP contribution in [0.2, 0.25) is 0 Å². The number of fused-ring (bicyclic) bond motifs is 1. The van der Waals surface area contributed by atoms with Crippen molar-refractivity contribution in [2.75, 3.05) is 7.05 Å². The van der Waals surface area contributed by atoms with Crippen LogP contribution in [-0.4, -0.2) is 21.8 Å². The summed E-state index contributed by atoms with van der Waals surface area (Å²) >= 11 is 0. The normalized spacial score (nSPS) is 12.7. The van der Waals surface area contributed by atoms with E-state index in [1.165, 1.54) is 0 Å². The van der Waals surface area contributed by atoms with E-state index < -0.39 is 0 Å². The number of pyridine rings is 1. The topological polar surface area (TPSA) is 42.7 Å². The maximum Gasteiger partial charge on any atom is 0.0760 e. The fourth-order valence-corrected chi connectivity index (χ4v) is 2.40. The minimum Gasteiger partial charge on any atom is -0.308 e. The van der Waals surface area contributed by atoms with Crippen molar-refractivity contribution in [1.82, 2.24) is 20.1 Å². The van der Waals surface area contributed by atoms with E-state index in [0.717, 1.165) is 22.2 Å². The lowest BCUT2D eigenvalue weighted by atomic mass is 10.0. The molecule has 0 aliphatic heterocycles. The van der Waals surface area contributed by atoms with Crippen LogP contribution in [0.3, 0.4) is 0 Å². The Morgan fingerprint density at radius 2 is 2.05 bits per heavy atom. The smallest absolute Gasteiger partial charge is 0.0760 e. The van der Waals surface area contributed by atoms with Crippen molar-refractivity contribution in [3.63, 3.8) is 0 Å². The van der Waals surface area contributed by atoms with Gasteiger partial charge in [-0.2, -0.15) is 5.10 Å². The molecule has 1 atom stereocenters. The summed E-state index contributed by atoms with van der Waals surface area (Å²) < 4.78 is 1.89. The van der Waals surface area contributed by atoms with Gasteiger partial charge < -0.3 is 5.32 Å². The highest BCUT2D eigenvalue weighted by molar-refractivity contribution is 5.78. The zero-order valence-corrected chi connectivity index (χ0v) is 11.0. The lowest BCUT2D eigenvalue weighted by molar-refractivity contribution is 0.605. The molecule has 4 heteroatoms. The zero-order chi connectivity index (χ0) is 13.2. The third-order valence-electron chi connectivity index (χ3n) is 3.39. The van der Waals surface area contributed by atoms with E-state index in [0.29, 0.717) is 0 Å². The first-order valence-electron chi connectivity index (χ1n) is 6.29. The average Bonchev–Trinajstić information content (AvgIpc) is 2.86. The second-order valence-corrected chi connectivity index (χ2v) is 4.56. The summed E-state index contributed by atoms with van der Waals surface area (Å²) in [7, 11) is 3.90. The molecule has 0 aliphatic carbocycles. The molecule has 1 unspecified atom stereocenters. The van der Waals surface area contributed by atoms with E-state index in [1.54, 1.807) is 0 Å². The maximum atomic E-state index is 4.52. The first-order valence-corrected chi connectivity index (χ1v) is 6.29. The number of benzene rings is 1. The monoisotopic (exact) mass is 252 g/mol. The molecule has 0 saturated heterocycles. The Kier molecular flexibility index (Phi) is 3.01. The molecule has 96 valence electrons. The Morgan fingerprint density at radius 1 is 1.21 bits per heavy atom. The third-order valence-corrected chi connectivity index (χ3v) is 3.39. The molecule has 0 spiro atoms. The molecule has 0 aliphatic rings. The van der Waals surface area contributed by atoms with Crippen molar-refractivity contribution in [3.8, 4) is 0 Å². The number of nitrogens with one attached hydrogen (secondary N) is 1. The Bertz CT molecular complexity index is 702. The molecule has 2 aromatic heterocycles. The standard InChI is InChI=1S/C15H16N4/c1-16-15(14-7-8-18-19(14)2)12-9-11-5-3-4-6-13(11)17-10-12/h3-10,15-16H,1-2H3. The van der Waals surface area contributed by atoms with Crippen LogP contribution >= 0.6 is 0 Å². The minimum absolute atomic E-state index is 0.101. The number of rotatable bonds is 3. The van der Waals surface area contributed by atoms with Gasteiger partial charge in [0.15, 0.2) is 0 Å². The summed E-state index contributed by atoms with van der Waals surface area (Å²) in [5.41, 5.74) is 3.29. The molecule has 0 amide bonds. The van der Waals surface area contributed by atoms with Crippen molar-refractivity contribution in [1.29, 1.82) is 0 Å². The predicted molar refractivity (Wildman–Crippen MR) is 75.9 cm³/mol. The SMILES string of the molecule is CNC(c1cnc2ccccc2c1)c1ccnn1C. The largest absolute Gasteiger partial charge is 0.308 e. The fraction of sp³-hybridized carbons (Fsp3) is 0.200. The Balaban J connectivity index is 2.09. The van der Waals surface area contributed by atoms with E-state index in [1.807, 2.05) is 55.4 Å². The number of hydrogen-bond donors (Lipinski definition) is 1. The van der Waals surface area contributed by atoms with E-state index in [2.05, 4.69) is 27.5 Å². The van der Waals surface area contributed by atoms with Crippen LogP contribution < -0.4 is 5.32 Å². The number of nitrogens with zero attached hydrogens (tertiary/aromatic N) is 3. The molecule has 4 nitrogen and oxygen atoms in total. The highest BCUT2D eigenvalue weighted by Gasteiger charge is 2.15. The first kappa shape index (κ1) is 11.9. The van der Waals surface area contributed by atoms with Gasteiger partial charge in [-0.1, -0.05) is 18.2 Å². The van der Waals surface area contributed by atoms with Gasteiger partial charge >= 0.3 is 0 Å². The zero-order valence-electron chi connectivity index (χ0n) is 11.0. The molecule has 0 radical (unpaired) electrons. The van der Waals surface area contributed by atoms with Gasteiger partial charge in [-0.15, -0.1) is 0 Å².